The fourth-order valence-electron chi connectivity index (χ4n) is 3.70. The average molecular weight is 423 g/mol. The Morgan fingerprint density at radius 1 is 1.07 bits per heavy atom. The average Bonchev–Trinajstić information content (AvgIpc) is 2.77. The van der Waals surface area contributed by atoms with Crippen LogP contribution < -0.4 is 9.47 Å². The quantitative estimate of drug-likeness (QED) is 0.682. The molecule has 0 unspecified atom stereocenters. The molecule has 0 spiro atoms. The molecule has 0 atom stereocenters. The zero-order valence-electron chi connectivity index (χ0n) is 16.9. The third-order valence-electron chi connectivity index (χ3n) is 5.35. The molecule has 2 aliphatic heterocycles. The fraction of sp³-hybridized carbons (Fsp3) is 0.524. The van der Waals surface area contributed by atoms with Crippen molar-refractivity contribution in [1.29, 1.82) is 0 Å². The first-order chi connectivity index (χ1) is 14.0. The Morgan fingerprint density at radius 3 is 2.38 bits per heavy atom. The van der Waals surface area contributed by atoms with Gasteiger partial charge in [-0.1, -0.05) is 11.6 Å². The lowest BCUT2D eigenvalue weighted by Gasteiger charge is -2.35. The molecule has 1 aromatic rings. The normalized spacial score (nSPS) is 18.2. The molecule has 0 N–H and O–H groups in total. The Labute approximate surface area is 176 Å². The minimum Gasteiger partial charge on any atom is -0.493 e. The van der Waals surface area contributed by atoms with Crippen molar-refractivity contribution >= 4 is 29.5 Å². The second-order valence-electron chi connectivity index (χ2n) is 7.11. The minimum atomic E-state index is -0.0758. The van der Waals surface area contributed by atoms with Gasteiger partial charge in [-0.05, 0) is 36.6 Å². The summed E-state index contributed by atoms with van der Waals surface area (Å²) in [7, 11) is 3.06. The van der Waals surface area contributed by atoms with E-state index in [1.807, 2.05) is 4.90 Å². The summed E-state index contributed by atoms with van der Waals surface area (Å²) in [6.45, 7) is 3.69. The number of benzene rings is 1. The lowest BCUT2D eigenvalue weighted by Crippen LogP contribution is -2.47. The van der Waals surface area contributed by atoms with Crippen LogP contribution in [-0.2, 0) is 14.3 Å². The molecule has 2 amide bonds. The van der Waals surface area contributed by atoms with E-state index in [2.05, 4.69) is 0 Å². The summed E-state index contributed by atoms with van der Waals surface area (Å²) >= 11 is 6.21. The van der Waals surface area contributed by atoms with E-state index in [4.69, 9.17) is 25.8 Å². The number of nitrogens with zero attached hydrogens (tertiary/aromatic N) is 2. The molecule has 2 saturated heterocycles. The van der Waals surface area contributed by atoms with Crippen molar-refractivity contribution in [3.63, 3.8) is 0 Å². The van der Waals surface area contributed by atoms with Gasteiger partial charge >= 0.3 is 0 Å². The Balaban J connectivity index is 1.55. The van der Waals surface area contributed by atoms with Crippen molar-refractivity contribution in [3.05, 3.63) is 28.8 Å². The van der Waals surface area contributed by atoms with E-state index in [1.165, 1.54) is 20.3 Å². The molecule has 8 heteroatoms. The lowest BCUT2D eigenvalue weighted by atomic mass is 9.95. The summed E-state index contributed by atoms with van der Waals surface area (Å²) in [6, 6.07) is 3.49. The van der Waals surface area contributed by atoms with Gasteiger partial charge in [-0.25, -0.2) is 0 Å². The van der Waals surface area contributed by atoms with E-state index < -0.39 is 0 Å². The highest BCUT2D eigenvalue weighted by Crippen LogP contribution is 2.36. The molecule has 0 radical (unpaired) electrons. The first kappa shape index (κ1) is 21.5. The molecule has 3 rings (SSSR count). The molecule has 0 aliphatic carbocycles. The first-order valence-electron chi connectivity index (χ1n) is 9.78. The van der Waals surface area contributed by atoms with Gasteiger partial charge in [0.15, 0.2) is 11.5 Å². The molecule has 2 fully saturated rings. The zero-order valence-corrected chi connectivity index (χ0v) is 17.6. The Hall–Kier alpha value is -2.25. The van der Waals surface area contributed by atoms with Gasteiger partial charge in [0.25, 0.3) is 0 Å². The molecule has 0 aromatic heterocycles. The van der Waals surface area contributed by atoms with Gasteiger partial charge in [0.2, 0.25) is 11.8 Å². The number of rotatable bonds is 5. The summed E-state index contributed by atoms with van der Waals surface area (Å²) in [5.74, 6) is 1.08. The van der Waals surface area contributed by atoms with Gasteiger partial charge in [-0.3, -0.25) is 9.59 Å². The number of halogens is 1. The molecule has 158 valence electrons. The molecular formula is C21H27ClN2O5. The van der Waals surface area contributed by atoms with Gasteiger partial charge in [0, 0.05) is 38.2 Å². The fourth-order valence-corrected chi connectivity index (χ4v) is 3.99. The van der Waals surface area contributed by atoms with Crippen molar-refractivity contribution in [2.45, 2.75) is 12.8 Å². The SMILES string of the molecule is COc1cc(C=CC(=O)N2CCC(C(=O)N3CCOCC3)CC2)cc(Cl)c1OC. The Kier molecular flexibility index (Phi) is 7.39. The molecule has 0 saturated carbocycles. The minimum absolute atomic E-state index is 0.00853. The van der Waals surface area contributed by atoms with Crippen molar-refractivity contribution in [3.8, 4) is 11.5 Å². The summed E-state index contributed by atoms with van der Waals surface area (Å²) in [6.07, 6.45) is 4.62. The van der Waals surface area contributed by atoms with E-state index in [0.717, 1.165) is 5.56 Å². The third-order valence-corrected chi connectivity index (χ3v) is 5.63. The van der Waals surface area contributed by atoms with Crippen LogP contribution in [0.25, 0.3) is 6.08 Å². The standard InChI is InChI=1S/C21H27ClN2O5/c1-27-18-14-15(13-17(22)20(18)28-2)3-4-19(25)23-7-5-16(6-8-23)21(26)24-9-11-29-12-10-24/h3-4,13-14,16H,5-12H2,1-2H3. The van der Waals surface area contributed by atoms with Crippen LogP contribution in [0.5, 0.6) is 11.5 Å². The van der Waals surface area contributed by atoms with E-state index in [1.54, 1.807) is 23.1 Å². The van der Waals surface area contributed by atoms with Crippen LogP contribution in [0.2, 0.25) is 5.02 Å². The highest BCUT2D eigenvalue weighted by molar-refractivity contribution is 6.32. The predicted molar refractivity (Wildman–Crippen MR) is 110 cm³/mol. The van der Waals surface area contributed by atoms with Crippen LogP contribution in [0, 0.1) is 5.92 Å². The van der Waals surface area contributed by atoms with Crippen LogP contribution in [0.15, 0.2) is 18.2 Å². The number of hydrogen-bond donors (Lipinski definition) is 0. The smallest absolute Gasteiger partial charge is 0.246 e. The van der Waals surface area contributed by atoms with Gasteiger partial charge in [-0.15, -0.1) is 0 Å². The number of ether oxygens (including phenoxy) is 3. The Morgan fingerprint density at radius 2 is 1.76 bits per heavy atom. The van der Waals surface area contributed by atoms with Crippen LogP contribution in [0.4, 0.5) is 0 Å². The molecule has 7 nitrogen and oxygen atoms in total. The van der Waals surface area contributed by atoms with Crippen LogP contribution in [0.1, 0.15) is 18.4 Å². The summed E-state index contributed by atoms with van der Waals surface area (Å²) in [5.41, 5.74) is 0.749. The maximum Gasteiger partial charge on any atom is 0.246 e. The van der Waals surface area contributed by atoms with Crippen LogP contribution >= 0.6 is 11.6 Å². The number of hydrogen-bond acceptors (Lipinski definition) is 5. The maximum atomic E-state index is 12.6. The van der Waals surface area contributed by atoms with Gasteiger partial charge in [-0.2, -0.15) is 0 Å². The maximum absolute atomic E-state index is 12.6. The van der Waals surface area contributed by atoms with Crippen molar-refractivity contribution < 1.29 is 23.8 Å². The summed E-state index contributed by atoms with van der Waals surface area (Å²) < 4.78 is 15.8. The van der Waals surface area contributed by atoms with E-state index in [0.29, 0.717) is 68.8 Å². The van der Waals surface area contributed by atoms with Crippen molar-refractivity contribution in [2.75, 3.05) is 53.6 Å². The summed E-state index contributed by atoms with van der Waals surface area (Å²) in [5, 5.41) is 0.418. The highest BCUT2D eigenvalue weighted by Gasteiger charge is 2.30. The number of amides is 2. The number of piperidine rings is 1. The number of carbonyl (C=O) groups excluding carboxylic acids is 2. The molecule has 29 heavy (non-hydrogen) atoms. The number of carbonyl (C=O) groups is 2. The summed E-state index contributed by atoms with van der Waals surface area (Å²) in [4.78, 5) is 28.8. The van der Waals surface area contributed by atoms with E-state index in [-0.39, 0.29) is 17.7 Å². The lowest BCUT2D eigenvalue weighted by molar-refractivity contribution is -0.142. The van der Waals surface area contributed by atoms with Gasteiger partial charge < -0.3 is 24.0 Å². The van der Waals surface area contributed by atoms with Crippen molar-refractivity contribution in [2.24, 2.45) is 5.92 Å². The topological polar surface area (TPSA) is 68.3 Å². The van der Waals surface area contributed by atoms with Gasteiger partial charge in [0.05, 0.1) is 32.5 Å². The van der Waals surface area contributed by atoms with Crippen LogP contribution in [0.3, 0.4) is 0 Å². The number of likely N-dealkylation sites (tertiary alicyclic amines) is 1. The van der Waals surface area contributed by atoms with E-state index >= 15 is 0 Å². The third kappa shape index (κ3) is 5.22. The first-order valence-corrected chi connectivity index (χ1v) is 10.2. The molecule has 1 aromatic carbocycles. The Bertz CT molecular complexity index is 769. The number of methoxy groups -OCH3 is 2. The zero-order chi connectivity index (χ0) is 20.8. The monoisotopic (exact) mass is 422 g/mol. The molecule has 2 heterocycles. The molecule has 0 bridgehead atoms. The number of morpholine rings is 1. The molecular weight excluding hydrogens is 396 g/mol. The van der Waals surface area contributed by atoms with Crippen LogP contribution in [-0.4, -0.2) is 75.2 Å². The highest BCUT2D eigenvalue weighted by atomic mass is 35.5. The van der Waals surface area contributed by atoms with E-state index in [9.17, 15) is 9.59 Å². The second-order valence-corrected chi connectivity index (χ2v) is 7.52. The second kappa shape index (κ2) is 9.98. The molecule has 2 aliphatic rings. The van der Waals surface area contributed by atoms with Gasteiger partial charge in [0.1, 0.15) is 0 Å². The predicted octanol–water partition coefficient (Wildman–Crippen LogP) is 2.47. The largest absolute Gasteiger partial charge is 0.493 e. The van der Waals surface area contributed by atoms with Crippen molar-refractivity contribution in [1.82, 2.24) is 9.80 Å².